The molecule has 0 unspecified atom stereocenters. The van der Waals surface area contributed by atoms with Gasteiger partial charge in [0.05, 0.1) is 5.69 Å². The number of hydrogen-bond acceptors (Lipinski definition) is 5. The molecule has 166 valence electrons. The average Bonchev–Trinajstić information content (AvgIpc) is 3.40. The Bertz CT molecular complexity index is 1680. The Balaban J connectivity index is 1.35. The molecule has 0 saturated carbocycles. The fraction of sp³-hybridized carbons (Fsp3) is 0.107. The molecular weight excluding hydrogens is 424 g/mol. The summed E-state index contributed by atoms with van der Waals surface area (Å²) in [5, 5.41) is 7.07. The summed E-state index contributed by atoms with van der Waals surface area (Å²) in [6.45, 7) is 4.26. The molecule has 0 aliphatic rings. The summed E-state index contributed by atoms with van der Waals surface area (Å²) in [5.41, 5.74) is 12.8. The van der Waals surface area contributed by atoms with Gasteiger partial charge in [-0.05, 0) is 73.5 Å². The second kappa shape index (κ2) is 7.56. The standard InChI is InChI=1S/C28H22N4O2/c1-15-11-25(29)32-16(2)23(15)14-31-28(33)18-7-9-20-22(13-18)27-21-12-17(24-5-3-4-10-30-24)6-8-19(21)26(20)34-27/h3-13H,14H2,1-2H3,(H2,29,32)(H,31,33). The van der Waals surface area contributed by atoms with E-state index in [9.17, 15) is 4.79 Å². The summed E-state index contributed by atoms with van der Waals surface area (Å²) in [5.74, 6) is 0.342. The summed E-state index contributed by atoms with van der Waals surface area (Å²) in [4.78, 5) is 21.7. The molecule has 4 heterocycles. The lowest BCUT2D eigenvalue weighted by atomic mass is 9.99. The number of nitrogens with one attached hydrogen (secondary N) is 1. The number of pyridine rings is 2. The number of nitrogens with two attached hydrogens (primary N) is 1. The third-order valence-corrected chi connectivity index (χ3v) is 6.44. The zero-order valence-electron chi connectivity index (χ0n) is 18.8. The molecule has 6 aromatic rings. The van der Waals surface area contributed by atoms with Crippen LogP contribution < -0.4 is 11.1 Å². The predicted octanol–water partition coefficient (Wildman–Crippen LogP) is 5.76. The van der Waals surface area contributed by atoms with Gasteiger partial charge in [0.2, 0.25) is 0 Å². The molecule has 34 heavy (non-hydrogen) atoms. The van der Waals surface area contributed by atoms with Gasteiger partial charge in [-0.1, -0.05) is 12.1 Å². The van der Waals surface area contributed by atoms with Crippen molar-refractivity contribution in [1.29, 1.82) is 0 Å². The molecule has 0 aliphatic carbocycles. The lowest BCUT2D eigenvalue weighted by molar-refractivity contribution is 0.0951. The van der Waals surface area contributed by atoms with Crippen molar-refractivity contribution in [2.45, 2.75) is 20.4 Å². The van der Waals surface area contributed by atoms with E-state index in [1.165, 1.54) is 0 Å². The molecule has 0 aliphatic heterocycles. The maximum absolute atomic E-state index is 13.0. The van der Waals surface area contributed by atoms with Crippen LogP contribution in [0.25, 0.3) is 44.0 Å². The van der Waals surface area contributed by atoms with E-state index in [2.05, 4.69) is 33.5 Å². The molecule has 6 nitrogen and oxygen atoms in total. The second-order valence-electron chi connectivity index (χ2n) is 8.61. The number of benzene rings is 3. The van der Waals surface area contributed by atoms with Gasteiger partial charge in [-0.3, -0.25) is 9.78 Å². The number of rotatable bonds is 4. The Morgan fingerprint density at radius 3 is 2.47 bits per heavy atom. The van der Waals surface area contributed by atoms with E-state index in [4.69, 9.17) is 10.2 Å². The van der Waals surface area contributed by atoms with Crippen LogP contribution in [0.15, 0.2) is 71.3 Å². The van der Waals surface area contributed by atoms with Gasteiger partial charge in [0.1, 0.15) is 17.0 Å². The van der Waals surface area contributed by atoms with E-state index in [1.807, 2.05) is 56.3 Å². The van der Waals surface area contributed by atoms with Gasteiger partial charge < -0.3 is 15.5 Å². The Morgan fingerprint density at radius 2 is 1.71 bits per heavy atom. The van der Waals surface area contributed by atoms with Crippen LogP contribution in [0, 0.1) is 13.8 Å². The van der Waals surface area contributed by atoms with Crippen molar-refractivity contribution in [1.82, 2.24) is 15.3 Å². The Labute approximate surface area is 195 Å². The molecule has 6 rings (SSSR count). The molecule has 0 spiro atoms. The van der Waals surface area contributed by atoms with Gasteiger partial charge in [-0.15, -0.1) is 0 Å². The lowest BCUT2D eigenvalue weighted by Crippen LogP contribution is -2.24. The third kappa shape index (κ3) is 3.15. The van der Waals surface area contributed by atoms with E-state index in [0.717, 1.165) is 60.8 Å². The second-order valence-corrected chi connectivity index (χ2v) is 8.61. The summed E-state index contributed by atoms with van der Waals surface area (Å²) < 4.78 is 6.17. The number of aryl methyl sites for hydroxylation is 2. The Morgan fingerprint density at radius 1 is 0.941 bits per heavy atom. The first-order valence-corrected chi connectivity index (χ1v) is 11.1. The van der Waals surface area contributed by atoms with E-state index in [-0.39, 0.29) is 5.91 Å². The first-order valence-electron chi connectivity index (χ1n) is 11.1. The Kier molecular flexibility index (Phi) is 4.48. The normalized spacial score (nSPS) is 11.6. The van der Waals surface area contributed by atoms with Crippen LogP contribution in [0.4, 0.5) is 5.82 Å². The minimum atomic E-state index is -0.144. The van der Waals surface area contributed by atoms with Crippen LogP contribution in [0.1, 0.15) is 27.2 Å². The zero-order chi connectivity index (χ0) is 23.4. The van der Waals surface area contributed by atoms with Crippen LogP contribution in [-0.2, 0) is 6.54 Å². The van der Waals surface area contributed by atoms with Crippen LogP contribution in [-0.4, -0.2) is 15.9 Å². The van der Waals surface area contributed by atoms with Crippen LogP contribution in [0.5, 0.6) is 0 Å². The number of hydrogen-bond donors (Lipinski definition) is 2. The summed E-state index contributed by atoms with van der Waals surface area (Å²) in [6, 6.07) is 19.7. The van der Waals surface area contributed by atoms with Crippen LogP contribution in [0.2, 0.25) is 0 Å². The number of anilines is 1. The van der Waals surface area contributed by atoms with Crippen molar-refractivity contribution in [3.8, 4) is 11.3 Å². The molecule has 6 heteroatoms. The zero-order valence-corrected chi connectivity index (χ0v) is 18.8. The van der Waals surface area contributed by atoms with Gasteiger partial charge in [0.15, 0.2) is 0 Å². The van der Waals surface area contributed by atoms with E-state index >= 15 is 0 Å². The SMILES string of the molecule is Cc1cc(N)nc(C)c1CNC(=O)c1ccc2c(c1)c1oc2c2ccc(-c3ccccn3)cc21. The van der Waals surface area contributed by atoms with Crippen molar-refractivity contribution < 1.29 is 9.21 Å². The number of carbonyl (C=O) groups excluding carboxylic acids is 1. The highest BCUT2D eigenvalue weighted by molar-refractivity contribution is 6.26. The Hall–Kier alpha value is -4.45. The van der Waals surface area contributed by atoms with Crippen molar-refractivity contribution in [3.05, 3.63) is 89.2 Å². The highest BCUT2D eigenvalue weighted by Gasteiger charge is 2.19. The molecule has 0 saturated heterocycles. The largest absolute Gasteiger partial charge is 0.455 e. The minimum absolute atomic E-state index is 0.144. The number of aromatic nitrogens is 2. The van der Waals surface area contributed by atoms with Gasteiger partial charge in [-0.2, -0.15) is 0 Å². The highest BCUT2D eigenvalue weighted by atomic mass is 16.3. The third-order valence-electron chi connectivity index (χ3n) is 6.44. The van der Waals surface area contributed by atoms with Gasteiger partial charge >= 0.3 is 0 Å². The number of carbonyl (C=O) groups is 1. The molecule has 0 radical (unpaired) electrons. The smallest absolute Gasteiger partial charge is 0.251 e. The predicted molar refractivity (Wildman–Crippen MR) is 135 cm³/mol. The van der Waals surface area contributed by atoms with E-state index in [0.29, 0.717) is 17.9 Å². The summed E-state index contributed by atoms with van der Waals surface area (Å²) >= 11 is 0. The lowest BCUT2D eigenvalue weighted by Gasteiger charge is -2.11. The molecule has 2 aromatic carbocycles. The number of amides is 1. The molecule has 4 aromatic heterocycles. The first-order chi connectivity index (χ1) is 16.5. The van der Waals surface area contributed by atoms with Crippen molar-refractivity contribution >= 4 is 44.4 Å². The van der Waals surface area contributed by atoms with E-state index < -0.39 is 0 Å². The van der Waals surface area contributed by atoms with Crippen molar-refractivity contribution in [3.63, 3.8) is 0 Å². The molecule has 1 amide bonds. The molecule has 0 atom stereocenters. The average molecular weight is 447 g/mol. The fourth-order valence-electron chi connectivity index (χ4n) is 4.73. The number of furan rings is 2. The van der Waals surface area contributed by atoms with Gasteiger partial charge in [-0.25, -0.2) is 4.98 Å². The number of fused-ring (bicyclic) bond motifs is 8. The quantitative estimate of drug-likeness (QED) is 0.336. The number of nitrogen functional groups attached to an aromatic ring is 1. The molecule has 3 N–H and O–H groups in total. The monoisotopic (exact) mass is 446 g/mol. The van der Waals surface area contributed by atoms with E-state index in [1.54, 1.807) is 6.20 Å². The highest BCUT2D eigenvalue weighted by Crippen LogP contribution is 2.42. The first kappa shape index (κ1) is 20.2. The van der Waals surface area contributed by atoms with Gasteiger partial charge in [0.25, 0.3) is 5.91 Å². The molecule has 0 fully saturated rings. The topological polar surface area (TPSA) is 94.0 Å². The number of nitrogens with zero attached hydrogens (tertiary/aromatic N) is 2. The molecule has 2 bridgehead atoms. The summed E-state index contributed by atoms with van der Waals surface area (Å²) in [6.07, 6.45) is 1.79. The van der Waals surface area contributed by atoms with Crippen LogP contribution in [0.3, 0.4) is 0 Å². The van der Waals surface area contributed by atoms with Crippen molar-refractivity contribution in [2.75, 3.05) is 5.73 Å². The minimum Gasteiger partial charge on any atom is -0.455 e. The maximum atomic E-state index is 13.0. The van der Waals surface area contributed by atoms with Gasteiger partial charge in [0, 0.05) is 51.1 Å². The van der Waals surface area contributed by atoms with Crippen molar-refractivity contribution in [2.24, 2.45) is 0 Å². The fourth-order valence-corrected chi connectivity index (χ4v) is 4.73. The maximum Gasteiger partial charge on any atom is 0.251 e. The van der Waals surface area contributed by atoms with Crippen LogP contribution >= 0.6 is 0 Å². The molecular formula is C28H22N4O2. The summed E-state index contributed by atoms with van der Waals surface area (Å²) in [7, 11) is 0.